The van der Waals surface area contributed by atoms with E-state index in [4.69, 9.17) is 9.47 Å². The number of amides is 4. The first-order chi connectivity index (χ1) is 21.1. The highest BCUT2D eigenvalue weighted by atomic mass is 19.2. The number of benzene rings is 2. The second kappa shape index (κ2) is 14.9. The third-order valence-electron chi connectivity index (χ3n) is 8.20. The van der Waals surface area contributed by atoms with Gasteiger partial charge in [0, 0.05) is 26.2 Å². The zero-order valence-corrected chi connectivity index (χ0v) is 25.1. The number of hydrogen-bond acceptors (Lipinski definition) is 7. The highest BCUT2D eigenvalue weighted by Crippen LogP contribution is 2.37. The molecule has 44 heavy (non-hydrogen) atoms. The van der Waals surface area contributed by atoms with Gasteiger partial charge in [-0.25, -0.2) is 28.1 Å². The quantitative estimate of drug-likeness (QED) is 0.467. The van der Waals surface area contributed by atoms with Crippen LogP contribution in [-0.2, 0) is 14.3 Å². The average molecular weight is 610 g/mol. The Morgan fingerprint density at radius 3 is 2.39 bits per heavy atom. The monoisotopic (exact) mass is 609 g/mol. The Hall–Kier alpha value is -4.34. The zero-order valence-electron chi connectivity index (χ0n) is 25.1. The molecular weight excluding hydrogens is 572 g/mol. The van der Waals surface area contributed by atoms with Crippen LogP contribution in [0.5, 0.6) is 0 Å². The molecule has 1 saturated carbocycles. The van der Waals surface area contributed by atoms with E-state index in [0.717, 1.165) is 72.5 Å². The van der Waals surface area contributed by atoms with Gasteiger partial charge < -0.3 is 20.1 Å². The molecule has 234 valence electrons. The largest absolute Gasteiger partial charge is 0.466 e. The molecule has 2 aliphatic heterocycles. The van der Waals surface area contributed by atoms with E-state index in [2.05, 4.69) is 27.7 Å². The Bertz CT molecular complexity index is 1440. The number of esters is 1. The van der Waals surface area contributed by atoms with Gasteiger partial charge in [0.25, 0.3) is 0 Å². The smallest absolute Gasteiger partial charge is 0.337 e. The molecule has 0 bridgehead atoms. The van der Waals surface area contributed by atoms with E-state index in [1.165, 1.54) is 20.3 Å². The summed E-state index contributed by atoms with van der Waals surface area (Å²) in [5, 5.41) is 14.8. The van der Waals surface area contributed by atoms with Crippen LogP contribution >= 0.6 is 0 Å². The fourth-order valence-electron chi connectivity index (χ4n) is 5.80. The summed E-state index contributed by atoms with van der Waals surface area (Å²) in [7, 11) is 2.70. The lowest BCUT2D eigenvalue weighted by Gasteiger charge is -2.47. The molecule has 2 aromatic carbocycles. The van der Waals surface area contributed by atoms with E-state index in [-0.39, 0.29) is 24.8 Å². The van der Waals surface area contributed by atoms with E-state index in [1.807, 2.05) is 18.2 Å². The molecule has 2 N–H and O–H groups in total. The van der Waals surface area contributed by atoms with Gasteiger partial charge in [0.15, 0.2) is 11.6 Å². The number of rotatable bonds is 6. The van der Waals surface area contributed by atoms with Crippen molar-refractivity contribution in [1.82, 2.24) is 20.4 Å². The Balaban J connectivity index is 0.000000421. The number of carbonyl (C=O) groups is 3. The lowest BCUT2D eigenvalue weighted by atomic mass is 9.79. The molecule has 1 aliphatic carbocycles. The van der Waals surface area contributed by atoms with Crippen molar-refractivity contribution in [1.29, 1.82) is 5.26 Å². The number of aryl methyl sites for hydroxylation is 1. The summed E-state index contributed by atoms with van der Waals surface area (Å²) in [4.78, 5) is 40.7. The number of nitrogens with zero attached hydrogens (tertiary/aromatic N) is 3. The van der Waals surface area contributed by atoms with Crippen LogP contribution in [0, 0.1) is 29.9 Å². The minimum atomic E-state index is -0.791. The summed E-state index contributed by atoms with van der Waals surface area (Å²) >= 11 is 0. The molecule has 12 heteroatoms. The summed E-state index contributed by atoms with van der Waals surface area (Å²) < 4.78 is 34.2. The van der Waals surface area contributed by atoms with E-state index < -0.39 is 29.7 Å². The summed E-state index contributed by atoms with van der Waals surface area (Å²) in [6.07, 6.45) is 4.18. The van der Waals surface area contributed by atoms with Crippen LogP contribution in [0.3, 0.4) is 0 Å². The fourth-order valence-corrected chi connectivity index (χ4v) is 5.80. The van der Waals surface area contributed by atoms with E-state index >= 15 is 0 Å². The molecule has 0 radical (unpaired) electrons. The second-order valence-electron chi connectivity index (χ2n) is 11.1. The number of imide groups is 1. The Kier molecular flexibility index (Phi) is 11.0. The SMILES string of the molecule is COCC1=C(C(=O)OC)CN(C(=O)NC2CN(C3CCC(c4ccccc4C#N)CC3)C2)C(=O)N1.Cc1ccc(F)c(F)c1. The molecule has 5 rings (SSSR count). The maximum atomic E-state index is 12.8. The van der Waals surface area contributed by atoms with Gasteiger partial charge in [0.2, 0.25) is 0 Å². The average Bonchev–Trinajstić information content (AvgIpc) is 3.01. The van der Waals surface area contributed by atoms with Gasteiger partial charge in [-0.15, -0.1) is 0 Å². The van der Waals surface area contributed by atoms with Gasteiger partial charge in [0.05, 0.1) is 49.2 Å². The van der Waals surface area contributed by atoms with Crippen LogP contribution in [0.1, 0.15) is 48.3 Å². The first-order valence-corrected chi connectivity index (χ1v) is 14.5. The molecule has 4 amide bonds. The highest BCUT2D eigenvalue weighted by Gasteiger charge is 2.38. The number of nitrogens with one attached hydrogen (secondary N) is 2. The van der Waals surface area contributed by atoms with Crippen LogP contribution in [0.2, 0.25) is 0 Å². The van der Waals surface area contributed by atoms with Crippen molar-refractivity contribution < 1.29 is 32.6 Å². The lowest BCUT2D eigenvalue weighted by Crippen LogP contribution is -2.65. The lowest BCUT2D eigenvalue weighted by molar-refractivity contribution is -0.136. The highest BCUT2D eigenvalue weighted by molar-refractivity contribution is 6.00. The van der Waals surface area contributed by atoms with Crippen LogP contribution in [0.15, 0.2) is 53.7 Å². The molecule has 0 atom stereocenters. The van der Waals surface area contributed by atoms with Gasteiger partial charge in [0.1, 0.15) is 0 Å². The molecule has 2 aromatic rings. The number of nitriles is 1. The number of urea groups is 2. The first kappa shape index (κ1) is 32.6. The Morgan fingerprint density at radius 1 is 1.07 bits per heavy atom. The van der Waals surface area contributed by atoms with E-state index in [1.54, 1.807) is 6.92 Å². The topological polar surface area (TPSA) is 124 Å². The van der Waals surface area contributed by atoms with Crippen molar-refractivity contribution in [2.45, 2.75) is 50.6 Å². The van der Waals surface area contributed by atoms with Crippen LogP contribution in [-0.4, -0.2) is 80.4 Å². The van der Waals surface area contributed by atoms with Crippen molar-refractivity contribution in [2.24, 2.45) is 0 Å². The maximum Gasteiger partial charge on any atom is 0.337 e. The predicted molar refractivity (Wildman–Crippen MR) is 157 cm³/mol. The number of hydrogen-bond donors (Lipinski definition) is 2. The second-order valence-corrected chi connectivity index (χ2v) is 11.1. The van der Waals surface area contributed by atoms with Crippen molar-refractivity contribution in [3.8, 4) is 6.07 Å². The summed E-state index contributed by atoms with van der Waals surface area (Å²) in [6, 6.07) is 13.2. The summed E-state index contributed by atoms with van der Waals surface area (Å²) in [6.45, 7) is 3.02. The number of halogens is 2. The minimum Gasteiger partial charge on any atom is -0.466 e. The minimum absolute atomic E-state index is 0.0353. The molecular formula is C32H37F2N5O5. The van der Waals surface area contributed by atoms with E-state index in [0.29, 0.717) is 17.7 Å². The number of carbonyl (C=O) groups excluding carboxylic acids is 3. The van der Waals surface area contributed by atoms with Gasteiger partial charge in [-0.05, 0) is 67.9 Å². The van der Waals surface area contributed by atoms with E-state index in [9.17, 15) is 28.4 Å². The Labute approximate surface area is 255 Å². The molecule has 0 aromatic heterocycles. The summed E-state index contributed by atoms with van der Waals surface area (Å²) in [5.41, 5.74) is 3.14. The normalized spacial score (nSPS) is 20.5. The van der Waals surface area contributed by atoms with Crippen molar-refractivity contribution in [2.75, 3.05) is 40.5 Å². The van der Waals surface area contributed by atoms with Crippen LogP contribution in [0.25, 0.3) is 0 Å². The van der Waals surface area contributed by atoms with Crippen molar-refractivity contribution in [3.05, 3.63) is 82.1 Å². The summed E-state index contributed by atoms with van der Waals surface area (Å²) in [5.74, 6) is -1.77. The predicted octanol–water partition coefficient (Wildman–Crippen LogP) is 4.35. The maximum absolute atomic E-state index is 12.8. The third kappa shape index (κ3) is 7.78. The first-order valence-electron chi connectivity index (χ1n) is 14.5. The number of likely N-dealkylation sites (tertiary alicyclic amines) is 1. The molecule has 1 saturated heterocycles. The molecule has 2 heterocycles. The van der Waals surface area contributed by atoms with Gasteiger partial charge >= 0.3 is 18.0 Å². The molecule has 3 aliphatic rings. The van der Waals surface area contributed by atoms with Crippen molar-refractivity contribution >= 4 is 18.0 Å². The van der Waals surface area contributed by atoms with Crippen LogP contribution in [0.4, 0.5) is 18.4 Å². The molecule has 0 spiro atoms. The molecule has 2 fully saturated rings. The molecule has 10 nitrogen and oxygen atoms in total. The van der Waals surface area contributed by atoms with Gasteiger partial charge in [-0.3, -0.25) is 4.90 Å². The van der Waals surface area contributed by atoms with Crippen LogP contribution < -0.4 is 10.6 Å². The fraction of sp³-hybridized carbons (Fsp3) is 0.438. The standard InChI is InChI=1S/C25H31N5O5.C7H6F2/c1-34-15-22-21(23(31)35-2)14-30(25(33)28-22)24(32)27-18-12-29(13-18)19-9-7-16(8-10-19)20-6-4-3-5-17(20)11-26;1-5-2-3-6(8)7(9)4-5/h3-6,16,18-19H,7-10,12-15H2,1-2H3,(H,27,32)(H,28,33);2-4H,1H3. The molecule has 0 unspecified atom stereocenters. The number of methoxy groups -OCH3 is 2. The van der Waals surface area contributed by atoms with Crippen molar-refractivity contribution in [3.63, 3.8) is 0 Å². The van der Waals surface area contributed by atoms with Gasteiger partial charge in [-0.2, -0.15) is 5.26 Å². The Morgan fingerprint density at radius 2 is 1.77 bits per heavy atom. The van der Waals surface area contributed by atoms with Gasteiger partial charge in [-0.1, -0.05) is 24.3 Å². The number of ether oxygens (including phenoxy) is 2. The zero-order chi connectivity index (χ0) is 31.8. The third-order valence-corrected chi connectivity index (χ3v) is 8.20.